The maximum Gasteiger partial charge on any atom is 0.270 e. The van der Waals surface area contributed by atoms with Crippen LogP contribution in [-0.4, -0.2) is 75.8 Å². The summed E-state index contributed by atoms with van der Waals surface area (Å²) >= 11 is 0. The smallest absolute Gasteiger partial charge is 0.270 e. The number of aromatic amines is 1. The van der Waals surface area contributed by atoms with Gasteiger partial charge in [-0.2, -0.15) is 0 Å². The summed E-state index contributed by atoms with van der Waals surface area (Å²) in [6, 6.07) is 22.0. The normalized spacial score (nSPS) is 14.3. The molecule has 4 aromatic rings. The average molecular weight is 512 g/mol. The predicted molar refractivity (Wildman–Crippen MR) is 149 cm³/mol. The van der Waals surface area contributed by atoms with Gasteiger partial charge in [-0.3, -0.25) is 14.5 Å². The van der Waals surface area contributed by atoms with Crippen LogP contribution in [0.1, 0.15) is 29.4 Å². The highest BCUT2D eigenvalue weighted by Crippen LogP contribution is 2.26. The summed E-state index contributed by atoms with van der Waals surface area (Å²) < 4.78 is 0. The van der Waals surface area contributed by atoms with Crippen LogP contribution in [0.15, 0.2) is 66.7 Å². The van der Waals surface area contributed by atoms with Crippen molar-refractivity contribution in [2.24, 2.45) is 0 Å². The van der Waals surface area contributed by atoms with E-state index >= 15 is 0 Å². The average Bonchev–Trinajstić information content (AvgIpc) is 3.24. The van der Waals surface area contributed by atoms with Crippen molar-refractivity contribution in [3.8, 4) is 11.4 Å². The highest BCUT2D eigenvalue weighted by molar-refractivity contribution is 6.00. The first-order chi connectivity index (χ1) is 18.6. The van der Waals surface area contributed by atoms with Gasteiger partial charge in [-0.15, -0.1) is 0 Å². The maximum absolute atomic E-state index is 13.5. The van der Waals surface area contributed by atoms with Crippen LogP contribution in [0, 0.1) is 0 Å². The van der Waals surface area contributed by atoms with Crippen LogP contribution in [0.25, 0.3) is 22.4 Å². The minimum Gasteiger partial charge on any atom is -0.368 e. The van der Waals surface area contributed by atoms with Gasteiger partial charge in [0.05, 0.1) is 5.39 Å². The number of nitrogens with one attached hydrogen (secondary N) is 3. The van der Waals surface area contributed by atoms with Crippen molar-refractivity contribution in [3.05, 3.63) is 78.0 Å². The lowest BCUT2D eigenvalue weighted by Gasteiger charge is -2.21. The lowest BCUT2D eigenvalue weighted by molar-refractivity contribution is -0.118. The molecule has 0 aliphatic carbocycles. The van der Waals surface area contributed by atoms with Crippen molar-refractivity contribution in [2.75, 3.05) is 44.6 Å². The van der Waals surface area contributed by atoms with Crippen molar-refractivity contribution in [1.82, 2.24) is 30.1 Å². The fourth-order valence-corrected chi connectivity index (χ4v) is 4.74. The summed E-state index contributed by atoms with van der Waals surface area (Å²) in [6.07, 6.45) is 0.923. The van der Waals surface area contributed by atoms with Crippen LogP contribution in [0.4, 0.5) is 5.82 Å². The Morgan fingerprint density at radius 2 is 1.68 bits per heavy atom. The molecule has 196 valence electrons. The molecule has 3 N–H and O–H groups in total. The van der Waals surface area contributed by atoms with E-state index in [1.807, 2.05) is 47.4 Å². The summed E-state index contributed by atoms with van der Waals surface area (Å²) in [7, 11) is 0. The van der Waals surface area contributed by atoms with E-state index < -0.39 is 0 Å². The first-order valence-electron chi connectivity index (χ1n) is 13.1. The predicted octanol–water partition coefficient (Wildman–Crippen LogP) is 3.52. The number of rotatable bonds is 8. The first-order valence-corrected chi connectivity index (χ1v) is 13.1. The van der Waals surface area contributed by atoms with Gasteiger partial charge < -0.3 is 20.5 Å². The number of amides is 2. The van der Waals surface area contributed by atoms with E-state index in [-0.39, 0.29) is 11.8 Å². The molecule has 1 saturated heterocycles. The number of aromatic nitrogens is 3. The maximum atomic E-state index is 13.5. The number of fused-ring (bicyclic) bond motifs is 1. The molecule has 2 amide bonds. The lowest BCUT2D eigenvalue weighted by atomic mass is 10.2. The van der Waals surface area contributed by atoms with Crippen molar-refractivity contribution < 1.29 is 9.59 Å². The second-order valence-corrected chi connectivity index (χ2v) is 9.52. The highest BCUT2D eigenvalue weighted by Gasteiger charge is 2.23. The first kappa shape index (κ1) is 25.4. The number of hydrogen-bond acceptors (Lipinski definition) is 6. The van der Waals surface area contributed by atoms with Gasteiger partial charge in [-0.1, -0.05) is 60.7 Å². The second-order valence-electron chi connectivity index (χ2n) is 9.52. The van der Waals surface area contributed by atoms with Crippen molar-refractivity contribution in [2.45, 2.75) is 19.9 Å². The Balaban J connectivity index is 1.35. The summed E-state index contributed by atoms with van der Waals surface area (Å²) in [4.78, 5) is 41.9. The SMILES string of the molecule is CC(=O)NCCNc1nc(-c2ccccc2)nc2[nH]c(C(=O)N3CCCN(Cc4ccccc4)CC3)cc12. The van der Waals surface area contributed by atoms with Gasteiger partial charge >= 0.3 is 0 Å². The molecule has 0 atom stereocenters. The van der Waals surface area contributed by atoms with Crippen molar-refractivity contribution in [3.63, 3.8) is 0 Å². The van der Waals surface area contributed by atoms with Gasteiger partial charge in [0.25, 0.3) is 5.91 Å². The van der Waals surface area contributed by atoms with Crippen LogP contribution >= 0.6 is 0 Å². The zero-order valence-electron chi connectivity index (χ0n) is 21.6. The van der Waals surface area contributed by atoms with E-state index in [1.165, 1.54) is 12.5 Å². The van der Waals surface area contributed by atoms with E-state index in [0.29, 0.717) is 49.2 Å². The Morgan fingerprint density at radius 3 is 2.45 bits per heavy atom. The van der Waals surface area contributed by atoms with Gasteiger partial charge in [0.2, 0.25) is 5.91 Å². The number of hydrogen-bond donors (Lipinski definition) is 3. The van der Waals surface area contributed by atoms with Crippen LogP contribution in [0.5, 0.6) is 0 Å². The number of benzene rings is 2. The van der Waals surface area contributed by atoms with Gasteiger partial charge in [0, 0.05) is 58.3 Å². The van der Waals surface area contributed by atoms with Crippen LogP contribution in [0.3, 0.4) is 0 Å². The van der Waals surface area contributed by atoms with Gasteiger partial charge in [-0.25, -0.2) is 9.97 Å². The summed E-state index contributed by atoms with van der Waals surface area (Å²) in [6.45, 7) is 6.51. The molecule has 9 heteroatoms. The Morgan fingerprint density at radius 1 is 0.921 bits per heavy atom. The minimum atomic E-state index is -0.0843. The molecular formula is C29H33N7O2. The van der Waals surface area contributed by atoms with E-state index in [1.54, 1.807) is 0 Å². The lowest BCUT2D eigenvalue weighted by Crippen LogP contribution is -2.35. The number of carbonyl (C=O) groups excluding carboxylic acids is 2. The van der Waals surface area contributed by atoms with E-state index in [9.17, 15) is 9.59 Å². The van der Waals surface area contributed by atoms with Crippen LogP contribution in [-0.2, 0) is 11.3 Å². The van der Waals surface area contributed by atoms with E-state index in [2.05, 4.69) is 44.8 Å². The molecular weight excluding hydrogens is 478 g/mol. The van der Waals surface area contributed by atoms with E-state index in [0.717, 1.165) is 37.0 Å². The monoisotopic (exact) mass is 511 g/mol. The van der Waals surface area contributed by atoms with Gasteiger partial charge in [0.15, 0.2) is 5.82 Å². The molecule has 0 bridgehead atoms. The van der Waals surface area contributed by atoms with Gasteiger partial charge in [-0.05, 0) is 18.1 Å². The van der Waals surface area contributed by atoms with Crippen LogP contribution < -0.4 is 10.6 Å². The molecule has 0 unspecified atom stereocenters. The number of anilines is 1. The Kier molecular flexibility index (Phi) is 7.94. The zero-order valence-corrected chi connectivity index (χ0v) is 21.6. The van der Waals surface area contributed by atoms with E-state index in [4.69, 9.17) is 9.97 Å². The van der Waals surface area contributed by atoms with Crippen LogP contribution in [0.2, 0.25) is 0 Å². The molecule has 9 nitrogen and oxygen atoms in total. The minimum absolute atomic E-state index is 0.0324. The Hall–Kier alpha value is -4.24. The molecule has 0 radical (unpaired) electrons. The molecule has 1 aliphatic rings. The molecule has 1 aliphatic heterocycles. The summed E-state index contributed by atoms with van der Waals surface area (Å²) in [5, 5.41) is 6.84. The highest BCUT2D eigenvalue weighted by atomic mass is 16.2. The third kappa shape index (κ3) is 6.18. The molecule has 5 rings (SSSR count). The third-order valence-electron chi connectivity index (χ3n) is 6.67. The second kappa shape index (κ2) is 11.9. The molecule has 0 spiro atoms. The number of H-pyrrole nitrogens is 1. The quantitative estimate of drug-likeness (QED) is 0.313. The topological polar surface area (TPSA) is 106 Å². The number of carbonyl (C=O) groups is 2. The zero-order chi connectivity index (χ0) is 26.3. The van der Waals surface area contributed by atoms with Gasteiger partial charge in [0.1, 0.15) is 17.2 Å². The molecule has 1 fully saturated rings. The fraction of sp³-hybridized carbons (Fsp3) is 0.310. The molecule has 2 aromatic heterocycles. The number of nitrogens with zero attached hydrogens (tertiary/aromatic N) is 4. The molecule has 2 aromatic carbocycles. The standard InChI is InChI=1S/C29H33N7O2/c1-21(37)30-13-14-31-27-24-19-25(32-28(24)34-26(33-27)23-11-6-3-7-12-23)29(38)36-16-8-15-35(17-18-36)20-22-9-4-2-5-10-22/h2-7,9-12,19H,8,13-18,20H2,1H3,(H,30,37)(H2,31,32,33,34). The molecule has 38 heavy (non-hydrogen) atoms. The summed E-state index contributed by atoms with van der Waals surface area (Å²) in [5.74, 6) is 1.07. The summed E-state index contributed by atoms with van der Waals surface area (Å²) in [5.41, 5.74) is 3.27. The fourth-order valence-electron chi connectivity index (χ4n) is 4.74. The molecule has 3 heterocycles. The Labute approximate surface area is 222 Å². The Bertz CT molecular complexity index is 1390. The van der Waals surface area contributed by atoms with Crippen molar-refractivity contribution in [1.29, 1.82) is 0 Å². The third-order valence-corrected chi connectivity index (χ3v) is 6.67. The largest absolute Gasteiger partial charge is 0.368 e. The molecule has 0 saturated carbocycles. The van der Waals surface area contributed by atoms with Crippen molar-refractivity contribution >= 4 is 28.7 Å².